The molecular formula is C28H28N4OS. The molecule has 172 valence electrons. The molecule has 5 nitrogen and oxygen atoms in total. The Hall–Kier alpha value is -3.38. The predicted octanol–water partition coefficient (Wildman–Crippen LogP) is 5.84. The van der Waals surface area contributed by atoms with E-state index < -0.39 is 0 Å². The van der Waals surface area contributed by atoms with Gasteiger partial charge in [-0.2, -0.15) is 0 Å². The maximum absolute atomic E-state index is 13.5. The van der Waals surface area contributed by atoms with Crippen LogP contribution in [0.3, 0.4) is 0 Å². The van der Waals surface area contributed by atoms with Crippen LogP contribution in [0.25, 0.3) is 0 Å². The van der Waals surface area contributed by atoms with Gasteiger partial charge < -0.3 is 9.47 Å². The highest BCUT2D eigenvalue weighted by atomic mass is 32.2. The highest BCUT2D eigenvalue weighted by molar-refractivity contribution is 7.99. The van der Waals surface area contributed by atoms with Gasteiger partial charge in [-0.25, -0.2) is 0 Å². The number of thioether (sulfide) groups is 1. The summed E-state index contributed by atoms with van der Waals surface area (Å²) in [4.78, 5) is 15.4. The SMILES string of the molecule is Cc1cccc(N(Cc2ccccc2)C(=O)CSc2nnc(C3CC3)n2Cc2ccccc2)c1. The van der Waals surface area contributed by atoms with E-state index in [2.05, 4.69) is 70.2 Å². The Bertz CT molecular complexity index is 1250. The molecule has 34 heavy (non-hydrogen) atoms. The average molecular weight is 469 g/mol. The zero-order valence-corrected chi connectivity index (χ0v) is 20.1. The molecule has 0 bridgehead atoms. The van der Waals surface area contributed by atoms with Crippen LogP contribution in [0.15, 0.2) is 90.1 Å². The number of benzene rings is 3. The van der Waals surface area contributed by atoms with Crippen molar-refractivity contribution in [1.82, 2.24) is 14.8 Å². The van der Waals surface area contributed by atoms with Crippen LogP contribution < -0.4 is 4.90 Å². The molecule has 6 heteroatoms. The van der Waals surface area contributed by atoms with Crippen molar-refractivity contribution in [3.05, 3.63) is 107 Å². The van der Waals surface area contributed by atoms with Crippen LogP contribution in [-0.4, -0.2) is 26.4 Å². The van der Waals surface area contributed by atoms with Crippen LogP contribution in [-0.2, 0) is 17.9 Å². The van der Waals surface area contributed by atoms with Crippen LogP contribution >= 0.6 is 11.8 Å². The Morgan fingerprint density at radius 2 is 1.65 bits per heavy atom. The molecule has 5 rings (SSSR count). The summed E-state index contributed by atoms with van der Waals surface area (Å²) in [5.74, 6) is 1.89. The topological polar surface area (TPSA) is 51.0 Å². The van der Waals surface area contributed by atoms with Gasteiger partial charge >= 0.3 is 0 Å². The Morgan fingerprint density at radius 1 is 0.941 bits per heavy atom. The monoisotopic (exact) mass is 468 g/mol. The standard InChI is InChI=1S/C28H28N4OS/c1-21-9-8-14-25(17-21)31(18-22-10-4-2-5-11-22)26(33)20-34-28-30-29-27(24-15-16-24)32(28)19-23-12-6-3-7-13-23/h2-14,17,24H,15-16,18-20H2,1H3. The molecule has 0 saturated heterocycles. The summed E-state index contributed by atoms with van der Waals surface area (Å²) in [5.41, 5.74) is 4.36. The molecule has 1 fully saturated rings. The largest absolute Gasteiger partial charge is 0.307 e. The van der Waals surface area contributed by atoms with Crippen molar-refractivity contribution in [2.75, 3.05) is 10.7 Å². The first-order chi connectivity index (χ1) is 16.7. The van der Waals surface area contributed by atoms with E-state index in [0.29, 0.717) is 18.2 Å². The molecule has 1 aliphatic carbocycles. The van der Waals surface area contributed by atoms with E-state index in [1.807, 2.05) is 41.3 Å². The van der Waals surface area contributed by atoms with E-state index in [9.17, 15) is 4.79 Å². The summed E-state index contributed by atoms with van der Waals surface area (Å²) >= 11 is 1.48. The maximum Gasteiger partial charge on any atom is 0.237 e. The second kappa shape index (κ2) is 10.3. The lowest BCUT2D eigenvalue weighted by Gasteiger charge is -2.23. The first-order valence-corrected chi connectivity index (χ1v) is 12.7. The Labute approximate surface area is 204 Å². The highest BCUT2D eigenvalue weighted by Gasteiger charge is 2.30. The van der Waals surface area contributed by atoms with Gasteiger partial charge in [0.2, 0.25) is 5.91 Å². The molecular weight excluding hydrogens is 440 g/mol. The summed E-state index contributed by atoms with van der Waals surface area (Å²) < 4.78 is 2.19. The Kier molecular flexibility index (Phi) is 6.77. The summed E-state index contributed by atoms with van der Waals surface area (Å²) in [6.45, 7) is 3.31. The van der Waals surface area contributed by atoms with E-state index in [-0.39, 0.29) is 5.91 Å². The minimum atomic E-state index is 0.0571. The molecule has 1 aromatic heterocycles. The van der Waals surface area contributed by atoms with Crippen molar-refractivity contribution in [2.24, 2.45) is 0 Å². The molecule has 0 aliphatic heterocycles. The number of carbonyl (C=O) groups is 1. The molecule has 1 heterocycles. The number of aryl methyl sites for hydroxylation is 1. The first kappa shape index (κ1) is 22.4. The number of anilines is 1. The van der Waals surface area contributed by atoms with Gasteiger partial charge in [-0.3, -0.25) is 4.79 Å². The van der Waals surface area contributed by atoms with Crippen molar-refractivity contribution in [1.29, 1.82) is 0 Å². The lowest BCUT2D eigenvalue weighted by Crippen LogP contribution is -2.32. The van der Waals surface area contributed by atoms with Gasteiger partial charge in [-0.05, 0) is 48.6 Å². The molecule has 1 amide bonds. The molecule has 0 atom stereocenters. The van der Waals surface area contributed by atoms with Crippen molar-refractivity contribution >= 4 is 23.4 Å². The second-order valence-electron chi connectivity index (χ2n) is 8.78. The highest BCUT2D eigenvalue weighted by Crippen LogP contribution is 2.40. The number of hydrogen-bond acceptors (Lipinski definition) is 4. The van der Waals surface area contributed by atoms with Gasteiger partial charge in [0, 0.05) is 11.6 Å². The number of amides is 1. The van der Waals surface area contributed by atoms with Gasteiger partial charge in [0.15, 0.2) is 5.16 Å². The van der Waals surface area contributed by atoms with Crippen molar-refractivity contribution < 1.29 is 4.79 Å². The molecule has 0 radical (unpaired) electrons. The third-order valence-corrected chi connectivity index (χ3v) is 6.95. The molecule has 4 aromatic rings. The summed E-state index contributed by atoms with van der Waals surface area (Å²) in [6, 6.07) is 28.6. The third kappa shape index (κ3) is 5.39. The van der Waals surface area contributed by atoms with E-state index in [1.165, 1.54) is 17.3 Å². The van der Waals surface area contributed by atoms with Gasteiger partial charge in [0.05, 0.1) is 18.8 Å². The number of rotatable bonds is 9. The fraction of sp³-hybridized carbons (Fsp3) is 0.250. The van der Waals surface area contributed by atoms with E-state index in [1.54, 1.807) is 0 Å². The zero-order chi connectivity index (χ0) is 23.3. The molecule has 0 N–H and O–H groups in total. The molecule has 1 aliphatic rings. The van der Waals surface area contributed by atoms with Gasteiger partial charge in [-0.15, -0.1) is 10.2 Å². The average Bonchev–Trinajstić information content (AvgIpc) is 3.63. The van der Waals surface area contributed by atoms with E-state index in [0.717, 1.165) is 47.2 Å². The molecule has 0 spiro atoms. The smallest absolute Gasteiger partial charge is 0.237 e. The maximum atomic E-state index is 13.5. The lowest BCUT2D eigenvalue weighted by atomic mass is 10.1. The van der Waals surface area contributed by atoms with Gasteiger partial charge in [0.1, 0.15) is 5.82 Å². The Morgan fingerprint density at radius 3 is 2.32 bits per heavy atom. The third-order valence-electron chi connectivity index (χ3n) is 5.99. The van der Waals surface area contributed by atoms with Crippen LogP contribution in [0, 0.1) is 6.92 Å². The van der Waals surface area contributed by atoms with Gasteiger partial charge in [0.25, 0.3) is 0 Å². The quantitative estimate of drug-likeness (QED) is 0.290. The Balaban J connectivity index is 1.36. The van der Waals surface area contributed by atoms with Crippen molar-refractivity contribution in [3.8, 4) is 0 Å². The van der Waals surface area contributed by atoms with Crippen LogP contribution in [0.2, 0.25) is 0 Å². The molecule has 3 aromatic carbocycles. The second-order valence-corrected chi connectivity index (χ2v) is 9.72. The summed E-state index contributed by atoms with van der Waals surface area (Å²) in [6.07, 6.45) is 2.32. The zero-order valence-electron chi connectivity index (χ0n) is 19.3. The molecule has 0 unspecified atom stereocenters. The number of carbonyl (C=O) groups excluding carboxylic acids is 1. The minimum absolute atomic E-state index is 0.0571. The fourth-order valence-electron chi connectivity index (χ4n) is 4.05. The van der Waals surface area contributed by atoms with Crippen LogP contribution in [0.5, 0.6) is 0 Å². The number of aromatic nitrogens is 3. The number of nitrogens with zero attached hydrogens (tertiary/aromatic N) is 4. The van der Waals surface area contributed by atoms with Crippen LogP contribution in [0.1, 0.15) is 41.3 Å². The first-order valence-electron chi connectivity index (χ1n) is 11.7. The van der Waals surface area contributed by atoms with Crippen LogP contribution in [0.4, 0.5) is 5.69 Å². The number of hydrogen-bond donors (Lipinski definition) is 0. The summed E-state index contributed by atoms with van der Waals surface area (Å²) in [5, 5.41) is 9.79. The van der Waals surface area contributed by atoms with E-state index in [4.69, 9.17) is 0 Å². The minimum Gasteiger partial charge on any atom is -0.307 e. The van der Waals surface area contributed by atoms with Crippen molar-refractivity contribution in [3.63, 3.8) is 0 Å². The fourth-order valence-corrected chi connectivity index (χ4v) is 4.88. The van der Waals surface area contributed by atoms with E-state index >= 15 is 0 Å². The predicted molar refractivity (Wildman–Crippen MR) is 137 cm³/mol. The lowest BCUT2D eigenvalue weighted by molar-refractivity contribution is -0.116. The molecule has 1 saturated carbocycles. The normalized spacial score (nSPS) is 13.1. The summed E-state index contributed by atoms with van der Waals surface area (Å²) in [7, 11) is 0. The van der Waals surface area contributed by atoms with Gasteiger partial charge in [-0.1, -0.05) is 84.6 Å². The van der Waals surface area contributed by atoms with Crippen molar-refractivity contribution in [2.45, 2.75) is 43.9 Å².